The average molecular weight is 408 g/mol. The molecule has 158 valence electrons. The van der Waals surface area contributed by atoms with Gasteiger partial charge < -0.3 is 15.0 Å². The Kier molecular flexibility index (Phi) is 6.02. The zero-order chi connectivity index (χ0) is 21.1. The van der Waals surface area contributed by atoms with Crippen LogP contribution in [-0.4, -0.2) is 40.8 Å². The fourth-order valence-electron chi connectivity index (χ4n) is 4.05. The van der Waals surface area contributed by atoms with Gasteiger partial charge in [0.15, 0.2) is 0 Å². The quantitative estimate of drug-likeness (QED) is 0.797. The average Bonchev–Trinajstić information content (AvgIpc) is 3.59. The minimum absolute atomic E-state index is 0.0630. The van der Waals surface area contributed by atoms with E-state index in [1.165, 1.54) is 0 Å². The molecule has 2 aliphatic rings. The normalized spacial score (nSPS) is 16.9. The molecule has 4 rings (SSSR count). The molecule has 1 saturated carbocycles. The number of pyridine rings is 1. The summed E-state index contributed by atoms with van der Waals surface area (Å²) in [7, 11) is 0. The van der Waals surface area contributed by atoms with Crippen LogP contribution in [0.4, 0.5) is 0 Å². The Morgan fingerprint density at radius 3 is 2.43 bits per heavy atom. The molecule has 6 heteroatoms. The topological polar surface area (TPSA) is 71.5 Å². The van der Waals surface area contributed by atoms with Gasteiger partial charge in [0.1, 0.15) is 12.4 Å². The number of piperidine rings is 1. The number of aryl methyl sites for hydroxylation is 2. The molecular formula is C24H29N3O3. The maximum Gasteiger partial charge on any atom is 0.251 e. The smallest absolute Gasteiger partial charge is 0.251 e. The third-order valence-electron chi connectivity index (χ3n) is 5.90. The number of benzene rings is 1. The van der Waals surface area contributed by atoms with Crippen molar-refractivity contribution in [2.45, 2.75) is 52.2 Å². The SMILES string of the molecule is Cc1cc(C(=O)NC2CCN(C(=O)C3CC3)CC2)cc(C)c1OCc1cccnc1. The van der Waals surface area contributed by atoms with Crippen LogP contribution in [0.1, 0.15) is 52.7 Å². The summed E-state index contributed by atoms with van der Waals surface area (Å²) in [6, 6.07) is 7.74. The highest BCUT2D eigenvalue weighted by Gasteiger charge is 2.35. The van der Waals surface area contributed by atoms with Crippen molar-refractivity contribution in [2.24, 2.45) is 5.92 Å². The van der Waals surface area contributed by atoms with Crippen molar-refractivity contribution in [3.05, 3.63) is 58.9 Å². The fourth-order valence-corrected chi connectivity index (χ4v) is 4.05. The lowest BCUT2D eigenvalue weighted by molar-refractivity contribution is -0.133. The monoisotopic (exact) mass is 407 g/mol. The third kappa shape index (κ3) is 4.81. The van der Waals surface area contributed by atoms with Gasteiger partial charge in [-0.2, -0.15) is 0 Å². The molecule has 6 nitrogen and oxygen atoms in total. The Bertz CT molecular complexity index is 894. The molecule has 1 aliphatic heterocycles. The lowest BCUT2D eigenvalue weighted by Crippen LogP contribution is -2.47. The van der Waals surface area contributed by atoms with Crippen molar-refractivity contribution < 1.29 is 14.3 Å². The number of aromatic nitrogens is 1. The Morgan fingerprint density at radius 2 is 1.83 bits per heavy atom. The minimum Gasteiger partial charge on any atom is -0.488 e. The van der Waals surface area contributed by atoms with E-state index in [1.807, 2.05) is 43.0 Å². The minimum atomic E-state index is -0.0630. The number of hydrogen-bond acceptors (Lipinski definition) is 4. The zero-order valence-electron chi connectivity index (χ0n) is 17.7. The van der Waals surface area contributed by atoms with Crippen LogP contribution in [0.25, 0.3) is 0 Å². The van der Waals surface area contributed by atoms with Crippen LogP contribution in [0, 0.1) is 19.8 Å². The van der Waals surface area contributed by atoms with E-state index in [1.54, 1.807) is 12.4 Å². The maximum atomic E-state index is 12.8. The van der Waals surface area contributed by atoms with Crippen LogP contribution in [0.2, 0.25) is 0 Å². The molecule has 0 unspecified atom stereocenters. The van der Waals surface area contributed by atoms with E-state index in [2.05, 4.69) is 10.3 Å². The first-order valence-electron chi connectivity index (χ1n) is 10.7. The van der Waals surface area contributed by atoms with Gasteiger partial charge >= 0.3 is 0 Å². The molecule has 1 aromatic carbocycles. The molecule has 1 aromatic heterocycles. The number of hydrogen-bond donors (Lipinski definition) is 1. The first-order valence-corrected chi connectivity index (χ1v) is 10.7. The van der Waals surface area contributed by atoms with Crippen molar-refractivity contribution in [3.63, 3.8) is 0 Å². The molecule has 0 radical (unpaired) electrons. The predicted molar refractivity (Wildman–Crippen MR) is 114 cm³/mol. The van der Waals surface area contributed by atoms with E-state index in [-0.39, 0.29) is 17.9 Å². The van der Waals surface area contributed by atoms with Gasteiger partial charge in [-0.05, 0) is 68.9 Å². The summed E-state index contributed by atoms with van der Waals surface area (Å²) in [6.45, 7) is 5.84. The van der Waals surface area contributed by atoms with Gasteiger partial charge in [0.2, 0.25) is 5.91 Å². The molecule has 30 heavy (non-hydrogen) atoms. The van der Waals surface area contributed by atoms with Crippen LogP contribution in [0.3, 0.4) is 0 Å². The first-order chi connectivity index (χ1) is 14.5. The van der Waals surface area contributed by atoms with Crippen molar-refractivity contribution in [3.8, 4) is 5.75 Å². The number of carbonyl (C=O) groups is 2. The maximum absolute atomic E-state index is 12.8. The number of rotatable bonds is 6. The fraction of sp³-hybridized carbons (Fsp3) is 0.458. The second-order valence-corrected chi connectivity index (χ2v) is 8.44. The van der Waals surface area contributed by atoms with Gasteiger partial charge in [0.05, 0.1) is 0 Å². The molecule has 2 heterocycles. The van der Waals surface area contributed by atoms with Gasteiger partial charge in [0.25, 0.3) is 5.91 Å². The molecule has 1 N–H and O–H groups in total. The van der Waals surface area contributed by atoms with Gasteiger partial charge in [0, 0.05) is 48.6 Å². The summed E-state index contributed by atoms with van der Waals surface area (Å²) in [5, 5.41) is 3.15. The van der Waals surface area contributed by atoms with E-state index < -0.39 is 0 Å². The van der Waals surface area contributed by atoms with Crippen LogP contribution in [0.5, 0.6) is 5.75 Å². The van der Waals surface area contributed by atoms with Crippen LogP contribution >= 0.6 is 0 Å². The van der Waals surface area contributed by atoms with Gasteiger partial charge in [-0.25, -0.2) is 0 Å². The zero-order valence-corrected chi connectivity index (χ0v) is 17.7. The first kappa shape index (κ1) is 20.4. The summed E-state index contributed by atoms with van der Waals surface area (Å²) >= 11 is 0. The van der Waals surface area contributed by atoms with Gasteiger partial charge in [-0.3, -0.25) is 14.6 Å². The van der Waals surface area contributed by atoms with Gasteiger partial charge in [-0.1, -0.05) is 6.07 Å². The Balaban J connectivity index is 1.33. The lowest BCUT2D eigenvalue weighted by atomic mass is 10.0. The molecule has 2 aromatic rings. The highest BCUT2D eigenvalue weighted by molar-refractivity contribution is 5.95. The Hall–Kier alpha value is -2.89. The predicted octanol–water partition coefficient (Wildman–Crippen LogP) is 3.41. The van der Waals surface area contributed by atoms with E-state index in [4.69, 9.17) is 4.74 Å². The molecule has 0 spiro atoms. The lowest BCUT2D eigenvalue weighted by Gasteiger charge is -2.32. The molecule has 1 saturated heterocycles. The van der Waals surface area contributed by atoms with Crippen molar-refractivity contribution in [2.75, 3.05) is 13.1 Å². The summed E-state index contributed by atoms with van der Waals surface area (Å²) in [5.74, 6) is 1.31. The highest BCUT2D eigenvalue weighted by atomic mass is 16.5. The number of ether oxygens (including phenoxy) is 1. The third-order valence-corrected chi connectivity index (χ3v) is 5.90. The Morgan fingerprint density at radius 1 is 1.13 bits per heavy atom. The summed E-state index contributed by atoms with van der Waals surface area (Å²) in [5.41, 5.74) is 3.53. The second kappa shape index (κ2) is 8.86. The van der Waals surface area contributed by atoms with Crippen molar-refractivity contribution in [1.82, 2.24) is 15.2 Å². The largest absolute Gasteiger partial charge is 0.488 e. The van der Waals surface area contributed by atoms with Crippen molar-refractivity contribution >= 4 is 11.8 Å². The van der Waals surface area contributed by atoms with Crippen molar-refractivity contribution in [1.29, 1.82) is 0 Å². The van der Waals surface area contributed by atoms with Crippen LogP contribution in [0.15, 0.2) is 36.7 Å². The number of likely N-dealkylation sites (tertiary alicyclic amines) is 1. The van der Waals surface area contributed by atoms with Crippen LogP contribution in [-0.2, 0) is 11.4 Å². The number of nitrogens with zero attached hydrogens (tertiary/aromatic N) is 2. The Labute approximate surface area is 177 Å². The van der Waals surface area contributed by atoms with Crippen LogP contribution < -0.4 is 10.1 Å². The summed E-state index contributed by atoms with van der Waals surface area (Å²) < 4.78 is 5.99. The standard InChI is InChI=1S/C24H29N3O3/c1-16-12-20(13-17(2)22(16)30-15-18-4-3-9-25-14-18)23(28)26-21-7-10-27(11-8-21)24(29)19-5-6-19/h3-4,9,12-14,19,21H,5-8,10-11,15H2,1-2H3,(H,26,28). The van der Waals surface area contributed by atoms with E-state index in [0.29, 0.717) is 18.1 Å². The summed E-state index contributed by atoms with van der Waals surface area (Å²) in [6.07, 6.45) is 7.23. The number of amides is 2. The molecular weight excluding hydrogens is 378 g/mol. The van der Waals surface area contributed by atoms with E-state index in [0.717, 1.165) is 61.2 Å². The number of carbonyl (C=O) groups excluding carboxylic acids is 2. The second-order valence-electron chi connectivity index (χ2n) is 8.44. The van der Waals surface area contributed by atoms with Gasteiger partial charge in [-0.15, -0.1) is 0 Å². The molecule has 2 fully saturated rings. The molecule has 1 aliphatic carbocycles. The highest BCUT2D eigenvalue weighted by Crippen LogP contribution is 2.32. The molecule has 0 atom stereocenters. The van der Waals surface area contributed by atoms with E-state index in [9.17, 15) is 9.59 Å². The molecule has 2 amide bonds. The summed E-state index contributed by atoms with van der Waals surface area (Å²) in [4.78, 5) is 31.1. The van der Waals surface area contributed by atoms with E-state index >= 15 is 0 Å². The molecule has 0 bridgehead atoms. The number of nitrogens with one attached hydrogen (secondary N) is 1.